The summed E-state index contributed by atoms with van der Waals surface area (Å²) in [6.45, 7) is 16.2. The molecular weight excluding hydrogens is 492 g/mol. The molecule has 1 aromatic rings. The highest BCUT2D eigenvalue weighted by molar-refractivity contribution is 6.69. The monoisotopic (exact) mass is 536 g/mol. The summed E-state index contributed by atoms with van der Waals surface area (Å²) in [5, 5.41) is 12.6. The van der Waals surface area contributed by atoms with Crippen LogP contribution in [-0.4, -0.2) is 52.1 Å². The molecule has 0 fully saturated rings. The zero-order valence-electron chi connectivity index (χ0n) is 24.4. The summed E-state index contributed by atoms with van der Waals surface area (Å²) in [5.74, 6) is -0.219. The number of ether oxygens (including phenoxy) is 4. The molecule has 0 aromatic heterocycles. The molecule has 1 aliphatic rings. The minimum absolute atomic E-state index is 0.114. The van der Waals surface area contributed by atoms with Gasteiger partial charge in [0.25, 0.3) is 0 Å². The highest BCUT2D eigenvalue weighted by Gasteiger charge is 2.60. The van der Waals surface area contributed by atoms with Crippen LogP contribution in [0.5, 0.6) is 5.75 Å². The van der Waals surface area contributed by atoms with E-state index >= 15 is 0 Å². The lowest BCUT2D eigenvalue weighted by Gasteiger charge is -2.51. The number of carbonyl (C=O) groups is 2. The van der Waals surface area contributed by atoms with Gasteiger partial charge in [-0.25, -0.2) is 0 Å². The number of esters is 1. The Morgan fingerprint density at radius 1 is 1.08 bits per heavy atom. The molecule has 0 bridgehead atoms. The van der Waals surface area contributed by atoms with Gasteiger partial charge in [-0.1, -0.05) is 12.1 Å². The second kappa shape index (κ2) is 11.0. The molecular formula is C28H44O8Si. The average molecular weight is 537 g/mol. The van der Waals surface area contributed by atoms with Crippen molar-refractivity contribution in [1.82, 2.24) is 0 Å². The van der Waals surface area contributed by atoms with Gasteiger partial charge in [0.15, 0.2) is 20.4 Å². The van der Waals surface area contributed by atoms with Gasteiger partial charge in [0, 0.05) is 37.3 Å². The Morgan fingerprint density at radius 3 is 2.11 bits per heavy atom. The van der Waals surface area contributed by atoms with Crippen molar-refractivity contribution in [2.75, 3.05) is 21.3 Å². The molecule has 0 amide bonds. The maximum Gasteiger partial charge on any atom is 0.316 e. The molecule has 1 aliphatic carbocycles. The Bertz CT molecular complexity index is 1040. The number of benzene rings is 1. The lowest BCUT2D eigenvalue weighted by Crippen LogP contribution is -2.59. The number of ketones is 1. The molecule has 9 heteroatoms. The third kappa shape index (κ3) is 6.17. The van der Waals surface area contributed by atoms with Gasteiger partial charge in [-0.3, -0.25) is 9.59 Å². The van der Waals surface area contributed by atoms with Crippen molar-refractivity contribution in [3.8, 4) is 5.75 Å². The summed E-state index contributed by atoms with van der Waals surface area (Å²) in [6, 6.07) is 5.39. The fourth-order valence-corrected chi connectivity index (χ4v) is 5.53. The smallest absolute Gasteiger partial charge is 0.316 e. The zero-order valence-corrected chi connectivity index (χ0v) is 25.4. The van der Waals surface area contributed by atoms with Crippen LogP contribution in [-0.2, 0) is 28.2 Å². The second-order valence-corrected chi connectivity index (χ2v) is 16.6. The molecule has 2 atom stereocenters. The summed E-state index contributed by atoms with van der Waals surface area (Å²) in [6.07, 6.45) is -1.93. The molecule has 0 spiro atoms. The summed E-state index contributed by atoms with van der Waals surface area (Å²) in [5.41, 5.74) is -2.48. The van der Waals surface area contributed by atoms with Crippen LogP contribution in [0, 0.1) is 10.8 Å². The van der Waals surface area contributed by atoms with Crippen LogP contribution in [0.3, 0.4) is 0 Å². The van der Waals surface area contributed by atoms with Crippen LogP contribution in [0.4, 0.5) is 0 Å². The largest absolute Gasteiger partial charge is 0.496 e. The van der Waals surface area contributed by atoms with Crippen molar-refractivity contribution in [2.24, 2.45) is 10.8 Å². The van der Waals surface area contributed by atoms with Crippen LogP contribution in [0.2, 0.25) is 19.6 Å². The van der Waals surface area contributed by atoms with Crippen LogP contribution in [0.25, 0.3) is 0 Å². The molecule has 0 heterocycles. The SMILES string of the molecule is COc1cccc(C(OC)OC)c1[C@H](O[Si](C)(C)C)[C@]1(O)CC(OC(=O)C(C)(C)C)=C(C)C(=O)C1(C)C. The van der Waals surface area contributed by atoms with E-state index in [-0.39, 0.29) is 18.0 Å². The van der Waals surface area contributed by atoms with Gasteiger partial charge >= 0.3 is 5.97 Å². The number of carbonyl (C=O) groups excluding carboxylic acids is 2. The van der Waals surface area contributed by atoms with Crippen molar-refractivity contribution < 1.29 is 38.1 Å². The Kier molecular flexibility index (Phi) is 9.25. The van der Waals surface area contributed by atoms with Gasteiger partial charge in [-0.2, -0.15) is 0 Å². The maximum atomic E-state index is 13.8. The minimum atomic E-state index is -2.37. The number of aliphatic hydroxyl groups is 1. The van der Waals surface area contributed by atoms with Crippen LogP contribution in [0.15, 0.2) is 29.5 Å². The van der Waals surface area contributed by atoms with Gasteiger partial charge in [-0.05, 0) is 67.2 Å². The number of hydrogen-bond acceptors (Lipinski definition) is 8. The van der Waals surface area contributed by atoms with E-state index in [4.69, 9.17) is 23.4 Å². The summed E-state index contributed by atoms with van der Waals surface area (Å²) >= 11 is 0. The molecule has 208 valence electrons. The number of rotatable bonds is 9. The number of methoxy groups -OCH3 is 3. The molecule has 0 unspecified atom stereocenters. The fourth-order valence-electron chi connectivity index (χ4n) is 4.51. The topological polar surface area (TPSA) is 101 Å². The van der Waals surface area contributed by atoms with E-state index in [0.717, 1.165) is 0 Å². The van der Waals surface area contributed by atoms with E-state index < -0.39 is 43.1 Å². The highest BCUT2D eigenvalue weighted by atomic mass is 28.4. The summed E-state index contributed by atoms with van der Waals surface area (Å²) in [4.78, 5) is 26.6. The molecule has 0 radical (unpaired) electrons. The van der Waals surface area contributed by atoms with E-state index in [9.17, 15) is 14.7 Å². The highest BCUT2D eigenvalue weighted by Crippen LogP contribution is 2.55. The van der Waals surface area contributed by atoms with Crippen LogP contribution in [0.1, 0.15) is 71.5 Å². The number of hydrogen-bond donors (Lipinski definition) is 1. The lowest BCUT2D eigenvalue weighted by atomic mass is 9.61. The first-order valence-electron chi connectivity index (χ1n) is 12.4. The van der Waals surface area contributed by atoms with E-state index in [1.165, 1.54) is 21.3 Å². The predicted molar refractivity (Wildman–Crippen MR) is 144 cm³/mol. The Balaban J connectivity index is 2.88. The lowest BCUT2D eigenvalue weighted by molar-refractivity contribution is -0.174. The van der Waals surface area contributed by atoms with Crippen LogP contribution < -0.4 is 4.74 Å². The summed E-state index contributed by atoms with van der Waals surface area (Å²) in [7, 11) is 2.20. The molecule has 37 heavy (non-hydrogen) atoms. The maximum absolute atomic E-state index is 13.8. The van der Waals surface area contributed by atoms with Crippen molar-refractivity contribution in [3.63, 3.8) is 0 Å². The van der Waals surface area contributed by atoms with Crippen molar-refractivity contribution >= 4 is 20.1 Å². The Labute approximate surface area is 222 Å². The average Bonchev–Trinajstić information content (AvgIpc) is 2.79. The number of allylic oxidation sites excluding steroid dienone is 1. The van der Waals surface area contributed by atoms with Gasteiger partial charge in [0.1, 0.15) is 23.2 Å². The molecule has 1 N–H and O–H groups in total. The van der Waals surface area contributed by atoms with Crippen LogP contribution >= 0.6 is 0 Å². The molecule has 1 aromatic carbocycles. The quantitative estimate of drug-likeness (QED) is 0.252. The zero-order chi connectivity index (χ0) is 28.6. The molecule has 0 aliphatic heterocycles. The van der Waals surface area contributed by atoms with Crippen molar-refractivity contribution in [2.45, 2.75) is 85.6 Å². The first-order valence-corrected chi connectivity index (χ1v) is 15.9. The molecule has 0 saturated carbocycles. The first kappa shape index (κ1) is 31.2. The standard InChI is InChI=1S/C28H44O8Si/c1-17-20(35-25(30)26(2,3)4)16-28(31,27(5,6)22(17)29)23(36-37(10,11)12)21-18(24(33-8)34-9)14-13-15-19(21)32-7/h13-15,23-24,31H,16H2,1-12H3/t23-,28+/m0/s1. The van der Waals surface area contributed by atoms with E-state index in [1.54, 1.807) is 53.7 Å². The Hall–Kier alpha value is -2.04. The summed E-state index contributed by atoms with van der Waals surface area (Å²) < 4.78 is 29.4. The van der Waals surface area contributed by atoms with Gasteiger partial charge in [0.2, 0.25) is 0 Å². The fraction of sp³-hybridized carbons (Fsp3) is 0.643. The third-order valence-corrected chi connectivity index (χ3v) is 7.78. The van der Waals surface area contributed by atoms with E-state index in [0.29, 0.717) is 22.4 Å². The van der Waals surface area contributed by atoms with Gasteiger partial charge in [-0.15, -0.1) is 0 Å². The van der Waals surface area contributed by atoms with E-state index in [2.05, 4.69) is 0 Å². The van der Waals surface area contributed by atoms with Crippen molar-refractivity contribution in [1.29, 1.82) is 0 Å². The molecule has 8 nitrogen and oxygen atoms in total. The normalized spacial score (nSPS) is 21.3. The number of Topliss-reactive ketones (excluding diaryl/α,β-unsaturated/α-hetero) is 1. The third-order valence-electron chi connectivity index (χ3n) is 6.84. The second-order valence-electron chi connectivity index (χ2n) is 12.1. The first-order chi connectivity index (χ1) is 16.9. The predicted octanol–water partition coefficient (Wildman–Crippen LogP) is 5.47. The van der Waals surface area contributed by atoms with E-state index in [1.807, 2.05) is 25.7 Å². The van der Waals surface area contributed by atoms with Gasteiger partial charge < -0.3 is 28.5 Å². The van der Waals surface area contributed by atoms with Crippen molar-refractivity contribution in [3.05, 3.63) is 40.7 Å². The molecule has 2 rings (SSSR count). The Morgan fingerprint density at radius 2 is 1.65 bits per heavy atom. The van der Waals surface area contributed by atoms with Gasteiger partial charge in [0.05, 0.1) is 17.9 Å². The molecule has 0 saturated heterocycles. The minimum Gasteiger partial charge on any atom is -0.496 e.